The Morgan fingerprint density at radius 1 is 1.07 bits per heavy atom. The van der Waals surface area contributed by atoms with Gasteiger partial charge in [0.2, 0.25) is 5.91 Å². The molecule has 1 amide bonds. The molecule has 7 heteroatoms. The van der Waals surface area contributed by atoms with Crippen LogP contribution in [0.3, 0.4) is 0 Å². The molecular formula is C20H19Cl2NO3S. The Hall–Kier alpha value is -1.82. The smallest absolute Gasteiger partial charge is 0.247 e. The number of carbonyl (C=O) groups excluding carboxylic acids is 1. The summed E-state index contributed by atoms with van der Waals surface area (Å²) >= 11 is 12.4. The van der Waals surface area contributed by atoms with Crippen molar-refractivity contribution in [2.24, 2.45) is 0 Å². The van der Waals surface area contributed by atoms with Crippen molar-refractivity contribution in [3.05, 3.63) is 75.8 Å². The Balaban J connectivity index is 1.86. The highest BCUT2D eigenvalue weighted by Crippen LogP contribution is 2.24. The summed E-state index contributed by atoms with van der Waals surface area (Å²) in [5.74, 6) is -0.196. The van der Waals surface area contributed by atoms with Gasteiger partial charge in [-0.25, -0.2) is 8.42 Å². The molecule has 1 fully saturated rings. The van der Waals surface area contributed by atoms with E-state index in [0.717, 1.165) is 11.1 Å². The molecule has 142 valence electrons. The largest absolute Gasteiger partial charge is 0.331 e. The zero-order valence-electron chi connectivity index (χ0n) is 14.5. The average molecular weight is 424 g/mol. The second-order valence-electron chi connectivity index (χ2n) is 6.47. The highest BCUT2D eigenvalue weighted by molar-refractivity contribution is 7.91. The first kappa shape index (κ1) is 19.9. The van der Waals surface area contributed by atoms with Crippen LogP contribution in [0.5, 0.6) is 0 Å². The SMILES string of the molecule is O=C(/C=C/c1ccccc1Cl)N(Cc1ccccc1Cl)[C@H]1CCS(=O)(=O)C1. The number of rotatable bonds is 5. The van der Waals surface area contributed by atoms with E-state index >= 15 is 0 Å². The molecule has 0 unspecified atom stereocenters. The Labute approximate surface area is 169 Å². The number of amides is 1. The first-order valence-electron chi connectivity index (χ1n) is 8.53. The van der Waals surface area contributed by atoms with Crippen LogP contribution in [-0.4, -0.2) is 36.8 Å². The molecule has 1 heterocycles. The number of hydrogen-bond acceptors (Lipinski definition) is 3. The highest BCUT2D eigenvalue weighted by Gasteiger charge is 2.34. The number of hydrogen-bond donors (Lipinski definition) is 0. The van der Waals surface area contributed by atoms with Crippen LogP contribution in [-0.2, 0) is 21.2 Å². The molecule has 0 N–H and O–H groups in total. The standard InChI is InChI=1S/C20H19Cl2NO3S/c21-18-7-3-1-5-15(18)9-10-20(24)23(17-11-12-27(25,26)14-17)13-16-6-2-4-8-19(16)22/h1-10,17H,11-14H2/b10-9+/t17-/m0/s1. The van der Waals surface area contributed by atoms with Crippen molar-refractivity contribution < 1.29 is 13.2 Å². The van der Waals surface area contributed by atoms with E-state index in [1.54, 1.807) is 23.1 Å². The van der Waals surface area contributed by atoms with Crippen molar-refractivity contribution in [1.82, 2.24) is 4.90 Å². The molecule has 0 spiro atoms. The van der Waals surface area contributed by atoms with Gasteiger partial charge in [-0.05, 0) is 35.8 Å². The van der Waals surface area contributed by atoms with Crippen LogP contribution in [0.2, 0.25) is 10.0 Å². The summed E-state index contributed by atoms with van der Waals surface area (Å²) in [5, 5.41) is 1.09. The molecule has 2 aromatic rings. The third kappa shape index (κ3) is 5.12. The lowest BCUT2D eigenvalue weighted by molar-refractivity contribution is -0.128. The van der Waals surface area contributed by atoms with Gasteiger partial charge in [-0.15, -0.1) is 0 Å². The van der Waals surface area contributed by atoms with Gasteiger partial charge in [-0.1, -0.05) is 59.6 Å². The predicted octanol–water partition coefficient (Wildman–Crippen LogP) is 4.22. The van der Waals surface area contributed by atoms with Gasteiger partial charge in [0.25, 0.3) is 0 Å². The van der Waals surface area contributed by atoms with E-state index in [4.69, 9.17) is 23.2 Å². The van der Waals surface area contributed by atoms with Crippen LogP contribution in [0, 0.1) is 0 Å². The minimum atomic E-state index is -3.12. The maximum Gasteiger partial charge on any atom is 0.247 e. The van der Waals surface area contributed by atoms with Crippen LogP contribution < -0.4 is 0 Å². The van der Waals surface area contributed by atoms with Crippen LogP contribution in [0.15, 0.2) is 54.6 Å². The molecule has 1 atom stereocenters. The zero-order chi connectivity index (χ0) is 19.4. The number of sulfone groups is 1. The summed E-state index contributed by atoms with van der Waals surface area (Å²) in [7, 11) is -3.12. The zero-order valence-corrected chi connectivity index (χ0v) is 16.8. The predicted molar refractivity (Wildman–Crippen MR) is 110 cm³/mol. The van der Waals surface area contributed by atoms with Crippen LogP contribution in [0.4, 0.5) is 0 Å². The topological polar surface area (TPSA) is 54.5 Å². The number of carbonyl (C=O) groups is 1. The van der Waals surface area contributed by atoms with E-state index in [0.29, 0.717) is 16.5 Å². The molecule has 27 heavy (non-hydrogen) atoms. The van der Waals surface area contributed by atoms with E-state index in [1.807, 2.05) is 36.4 Å². The lowest BCUT2D eigenvalue weighted by atomic mass is 10.1. The van der Waals surface area contributed by atoms with Gasteiger partial charge < -0.3 is 4.90 Å². The molecule has 0 radical (unpaired) electrons. The molecule has 0 aromatic heterocycles. The summed E-state index contributed by atoms with van der Waals surface area (Å²) in [5.41, 5.74) is 1.51. The maximum atomic E-state index is 12.9. The fraction of sp³-hybridized carbons (Fsp3) is 0.250. The third-order valence-electron chi connectivity index (χ3n) is 4.54. The molecule has 4 nitrogen and oxygen atoms in total. The Kier molecular flexibility index (Phi) is 6.25. The molecule has 1 aliphatic heterocycles. The van der Waals surface area contributed by atoms with Gasteiger partial charge in [0.15, 0.2) is 9.84 Å². The summed E-state index contributed by atoms with van der Waals surface area (Å²) in [6.07, 6.45) is 3.51. The Morgan fingerprint density at radius 3 is 2.37 bits per heavy atom. The minimum Gasteiger partial charge on any atom is -0.331 e. The average Bonchev–Trinajstić information content (AvgIpc) is 2.99. The van der Waals surface area contributed by atoms with Gasteiger partial charge in [0.1, 0.15) is 0 Å². The van der Waals surface area contributed by atoms with Crippen LogP contribution >= 0.6 is 23.2 Å². The summed E-state index contributed by atoms with van der Waals surface area (Å²) in [6, 6.07) is 14.1. The third-order valence-corrected chi connectivity index (χ3v) is 7.00. The Bertz CT molecular complexity index is 973. The maximum absolute atomic E-state index is 12.9. The molecule has 1 aliphatic rings. The number of nitrogens with zero attached hydrogens (tertiary/aromatic N) is 1. The lowest BCUT2D eigenvalue weighted by Gasteiger charge is -2.27. The summed E-state index contributed by atoms with van der Waals surface area (Å²) in [4.78, 5) is 14.5. The fourth-order valence-corrected chi connectivity index (χ4v) is 5.21. The van der Waals surface area contributed by atoms with Crippen molar-refractivity contribution in [3.8, 4) is 0 Å². The fourth-order valence-electron chi connectivity index (χ4n) is 3.09. The van der Waals surface area contributed by atoms with Gasteiger partial charge >= 0.3 is 0 Å². The molecule has 0 bridgehead atoms. The highest BCUT2D eigenvalue weighted by atomic mass is 35.5. The van der Waals surface area contributed by atoms with Crippen molar-refractivity contribution in [1.29, 1.82) is 0 Å². The van der Waals surface area contributed by atoms with E-state index in [1.165, 1.54) is 6.08 Å². The molecular weight excluding hydrogens is 405 g/mol. The molecule has 0 aliphatic carbocycles. The number of halogens is 2. The first-order chi connectivity index (χ1) is 12.9. The van der Waals surface area contributed by atoms with E-state index in [9.17, 15) is 13.2 Å². The van der Waals surface area contributed by atoms with E-state index in [2.05, 4.69) is 0 Å². The Morgan fingerprint density at radius 2 is 1.74 bits per heavy atom. The van der Waals surface area contributed by atoms with Crippen molar-refractivity contribution in [3.63, 3.8) is 0 Å². The van der Waals surface area contributed by atoms with Crippen molar-refractivity contribution >= 4 is 45.0 Å². The van der Waals surface area contributed by atoms with Crippen molar-refractivity contribution in [2.45, 2.75) is 19.0 Å². The normalized spacial score (nSPS) is 18.7. The van der Waals surface area contributed by atoms with Gasteiger partial charge in [-0.3, -0.25) is 4.79 Å². The number of benzene rings is 2. The second-order valence-corrected chi connectivity index (χ2v) is 9.51. The van der Waals surface area contributed by atoms with E-state index < -0.39 is 9.84 Å². The lowest BCUT2D eigenvalue weighted by Crippen LogP contribution is -2.39. The van der Waals surface area contributed by atoms with Crippen LogP contribution in [0.1, 0.15) is 17.5 Å². The van der Waals surface area contributed by atoms with Crippen molar-refractivity contribution in [2.75, 3.05) is 11.5 Å². The quantitative estimate of drug-likeness (QED) is 0.676. The van der Waals surface area contributed by atoms with Gasteiger partial charge in [0, 0.05) is 28.7 Å². The summed E-state index contributed by atoms with van der Waals surface area (Å²) in [6.45, 7) is 0.256. The van der Waals surface area contributed by atoms with Crippen LogP contribution in [0.25, 0.3) is 6.08 Å². The monoisotopic (exact) mass is 423 g/mol. The summed E-state index contributed by atoms with van der Waals surface area (Å²) < 4.78 is 23.8. The first-order valence-corrected chi connectivity index (χ1v) is 11.1. The molecule has 0 saturated carbocycles. The van der Waals surface area contributed by atoms with E-state index in [-0.39, 0.29) is 30.0 Å². The van der Waals surface area contributed by atoms with Gasteiger partial charge in [-0.2, -0.15) is 0 Å². The van der Waals surface area contributed by atoms with Gasteiger partial charge in [0.05, 0.1) is 11.5 Å². The molecule has 2 aromatic carbocycles. The molecule has 3 rings (SSSR count). The minimum absolute atomic E-state index is 0.0247. The molecule has 1 saturated heterocycles. The second kappa shape index (κ2) is 8.46.